The van der Waals surface area contributed by atoms with Crippen molar-refractivity contribution in [3.63, 3.8) is 0 Å². The van der Waals surface area contributed by atoms with Gasteiger partial charge in [-0.15, -0.1) is 0 Å². The van der Waals surface area contributed by atoms with Gasteiger partial charge in [-0.1, -0.05) is 6.07 Å². The largest absolute Gasteiger partial charge is 0.398 e. The molecule has 4 N–H and O–H groups in total. The number of anilines is 1. The predicted molar refractivity (Wildman–Crippen MR) is 81.2 cm³/mol. The van der Waals surface area contributed by atoms with Crippen molar-refractivity contribution in [2.45, 2.75) is 51.5 Å². The van der Waals surface area contributed by atoms with Crippen molar-refractivity contribution in [2.24, 2.45) is 0 Å². The van der Waals surface area contributed by atoms with Crippen molar-refractivity contribution in [1.29, 1.82) is 0 Å². The van der Waals surface area contributed by atoms with Crippen LogP contribution in [0.15, 0.2) is 11.0 Å². The van der Waals surface area contributed by atoms with Crippen molar-refractivity contribution in [3.8, 4) is 0 Å². The normalized spacial score (nSPS) is 12.7. The molecule has 0 radical (unpaired) electrons. The Kier molecular flexibility index (Phi) is 4.84. The van der Waals surface area contributed by atoms with Crippen molar-refractivity contribution in [3.05, 3.63) is 22.8 Å². The molecule has 0 atom stereocenters. The summed E-state index contributed by atoms with van der Waals surface area (Å²) < 4.78 is 27.8. The summed E-state index contributed by atoms with van der Waals surface area (Å²) in [5.41, 5.74) is 7.82. The zero-order valence-electron chi connectivity index (χ0n) is 12.7. The molecular weight excluding hydrogens is 276 g/mol. The number of rotatable bonds is 5. The Bertz CT molecular complexity index is 607. The second kappa shape index (κ2) is 5.71. The van der Waals surface area contributed by atoms with Crippen LogP contribution < -0.4 is 10.5 Å². The van der Waals surface area contributed by atoms with E-state index in [9.17, 15) is 8.42 Å². The fraction of sp³-hybridized carbons (Fsp3) is 0.571. The number of nitrogen functional groups attached to an aromatic ring is 1. The number of hydrogen-bond acceptors (Lipinski definition) is 4. The standard InChI is InChI=1S/C14H24N2O3S/c1-9-8-10(2)13(11(3)12(9)15)20(18,19)16-14(4,5)6-7-17/h8,16-17H,6-7,15H2,1-5H3. The monoisotopic (exact) mass is 300 g/mol. The highest BCUT2D eigenvalue weighted by Crippen LogP contribution is 2.29. The van der Waals surface area contributed by atoms with E-state index >= 15 is 0 Å². The lowest BCUT2D eigenvalue weighted by Gasteiger charge is -2.26. The highest BCUT2D eigenvalue weighted by Gasteiger charge is 2.29. The van der Waals surface area contributed by atoms with E-state index in [0.717, 1.165) is 5.56 Å². The van der Waals surface area contributed by atoms with E-state index in [2.05, 4.69) is 4.72 Å². The first-order valence-corrected chi connectivity index (χ1v) is 8.01. The van der Waals surface area contributed by atoms with Gasteiger partial charge in [-0.2, -0.15) is 0 Å². The molecule has 0 spiro atoms. The van der Waals surface area contributed by atoms with Crippen molar-refractivity contribution in [2.75, 3.05) is 12.3 Å². The summed E-state index contributed by atoms with van der Waals surface area (Å²) >= 11 is 0. The third-order valence-electron chi connectivity index (χ3n) is 3.38. The highest BCUT2D eigenvalue weighted by atomic mass is 32.2. The number of benzene rings is 1. The van der Waals surface area contributed by atoms with Crippen LogP contribution in [0.1, 0.15) is 37.0 Å². The second-order valence-electron chi connectivity index (χ2n) is 5.84. The zero-order valence-corrected chi connectivity index (χ0v) is 13.6. The Balaban J connectivity index is 3.34. The highest BCUT2D eigenvalue weighted by molar-refractivity contribution is 7.89. The summed E-state index contributed by atoms with van der Waals surface area (Å²) in [6, 6.07) is 1.77. The molecule has 1 aromatic rings. The van der Waals surface area contributed by atoms with Crippen LogP contribution in [-0.4, -0.2) is 25.7 Å². The van der Waals surface area contributed by atoms with E-state index in [1.807, 2.05) is 6.92 Å². The van der Waals surface area contributed by atoms with Crippen molar-refractivity contribution in [1.82, 2.24) is 4.72 Å². The second-order valence-corrected chi connectivity index (χ2v) is 7.46. The van der Waals surface area contributed by atoms with Gasteiger partial charge in [0.25, 0.3) is 0 Å². The molecule has 0 amide bonds. The fourth-order valence-electron chi connectivity index (χ4n) is 2.34. The molecule has 5 nitrogen and oxygen atoms in total. The van der Waals surface area contributed by atoms with Crippen LogP contribution in [-0.2, 0) is 10.0 Å². The van der Waals surface area contributed by atoms with Gasteiger partial charge in [0, 0.05) is 17.8 Å². The predicted octanol–water partition coefficient (Wildman–Crippen LogP) is 1.63. The van der Waals surface area contributed by atoms with Crippen molar-refractivity contribution >= 4 is 15.7 Å². The van der Waals surface area contributed by atoms with Crippen LogP contribution >= 0.6 is 0 Å². The Hall–Kier alpha value is -1.11. The van der Waals surface area contributed by atoms with E-state index < -0.39 is 15.6 Å². The van der Waals surface area contributed by atoms with Crippen LogP contribution in [0.4, 0.5) is 5.69 Å². The Morgan fingerprint density at radius 3 is 2.30 bits per heavy atom. The Labute approximate surface area is 121 Å². The first-order chi connectivity index (χ1) is 9.02. The topological polar surface area (TPSA) is 92.4 Å². The summed E-state index contributed by atoms with van der Waals surface area (Å²) in [5, 5.41) is 9.00. The van der Waals surface area contributed by atoms with Gasteiger partial charge in [-0.25, -0.2) is 13.1 Å². The zero-order chi connectivity index (χ0) is 15.7. The third kappa shape index (κ3) is 3.50. The molecular formula is C14H24N2O3S. The van der Waals surface area contributed by atoms with Gasteiger partial charge in [-0.3, -0.25) is 0 Å². The molecule has 20 heavy (non-hydrogen) atoms. The summed E-state index contributed by atoms with van der Waals surface area (Å²) in [6.45, 7) is 8.72. The number of nitrogens with one attached hydrogen (secondary N) is 1. The van der Waals surface area contributed by atoms with Crippen LogP contribution in [0.3, 0.4) is 0 Å². The average molecular weight is 300 g/mol. The molecule has 0 aromatic heterocycles. The number of aliphatic hydroxyl groups excluding tert-OH is 1. The molecule has 0 aliphatic carbocycles. The van der Waals surface area contributed by atoms with Gasteiger partial charge in [0.05, 0.1) is 4.90 Å². The average Bonchev–Trinajstić information content (AvgIpc) is 2.23. The quantitative estimate of drug-likeness (QED) is 0.721. The lowest BCUT2D eigenvalue weighted by Crippen LogP contribution is -2.44. The lowest BCUT2D eigenvalue weighted by molar-refractivity contribution is 0.245. The van der Waals surface area contributed by atoms with Crippen LogP contribution in [0.2, 0.25) is 0 Å². The molecule has 114 valence electrons. The maximum atomic E-state index is 12.6. The molecule has 1 aromatic carbocycles. The first-order valence-electron chi connectivity index (χ1n) is 6.53. The maximum Gasteiger partial charge on any atom is 0.241 e. The summed E-state index contributed by atoms with van der Waals surface area (Å²) in [6.07, 6.45) is 0.339. The van der Waals surface area contributed by atoms with Crippen LogP contribution in [0, 0.1) is 20.8 Å². The number of aryl methyl sites for hydroxylation is 2. The Morgan fingerprint density at radius 1 is 1.25 bits per heavy atom. The maximum absolute atomic E-state index is 12.6. The van der Waals surface area contributed by atoms with Gasteiger partial charge in [0.2, 0.25) is 10.0 Å². The van der Waals surface area contributed by atoms with E-state index in [4.69, 9.17) is 10.8 Å². The van der Waals surface area contributed by atoms with Crippen LogP contribution in [0.25, 0.3) is 0 Å². The molecule has 0 aliphatic heterocycles. The van der Waals surface area contributed by atoms with Gasteiger partial charge in [0.1, 0.15) is 0 Å². The van der Waals surface area contributed by atoms with Crippen molar-refractivity contribution < 1.29 is 13.5 Å². The van der Waals surface area contributed by atoms with E-state index in [1.54, 1.807) is 33.8 Å². The summed E-state index contributed by atoms with van der Waals surface area (Å²) in [4.78, 5) is 0.228. The minimum Gasteiger partial charge on any atom is -0.398 e. The van der Waals surface area contributed by atoms with E-state index in [1.165, 1.54) is 0 Å². The number of nitrogens with two attached hydrogens (primary N) is 1. The van der Waals surface area contributed by atoms with E-state index in [-0.39, 0.29) is 11.5 Å². The minimum absolute atomic E-state index is 0.0798. The molecule has 0 saturated carbocycles. The number of hydrogen-bond donors (Lipinski definition) is 3. The molecule has 1 rings (SSSR count). The first kappa shape index (κ1) is 16.9. The molecule has 6 heteroatoms. The molecule has 0 fully saturated rings. The van der Waals surface area contributed by atoms with Crippen LogP contribution in [0.5, 0.6) is 0 Å². The summed E-state index contributed by atoms with van der Waals surface area (Å²) in [7, 11) is -3.68. The minimum atomic E-state index is -3.68. The molecule has 0 aliphatic rings. The number of sulfonamides is 1. The lowest BCUT2D eigenvalue weighted by atomic mass is 10.0. The molecule has 0 heterocycles. The SMILES string of the molecule is Cc1cc(C)c(S(=O)(=O)NC(C)(C)CCO)c(C)c1N. The third-order valence-corrected chi connectivity index (χ3v) is 5.36. The van der Waals surface area contributed by atoms with Gasteiger partial charge < -0.3 is 10.8 Å². The molecule has 0 bridgehead atoms. The van der Waals surface area contributed by atoms with Gasteiger partial charge in [0.15, 0.2) is 0 Å². The van der Waals surface area contributed by atoms with Gasteiger partial charge >= 0.3 is 0 Å². The molecule has 0 unspecified atom stereocenters. The van der Waals surface area contributed by atoms with Gasteiger partial charge in [-0.05, 0) is 57.7 Å². The fourth-order valence-corrected chi connectivity index (χ4v) is 4.27. The Morgan fingerprint density at radius 2 is 1.80 bits per heavy atom. The smallest absolute Gasteiger partial charge is 0.241 e. The summed E-state index contributed by atoms with van der Waals surface area (Å²) in [5.74, 6) is 0. The van der Waals surface area contributed by atoms with E-state index in [0.29, 0.717) is 23.2 Å². The molecule has 0 saturated heterocycles. The number of aliphatic hydroxyl groups is 1.